The van der Waals surface area contributed by atoms with Gasteiger partial charge in [-0.15, -0.1) is 11.8 Å². The summed E-state index contributed by atoms with van der Waals surface area (Å²) in [6.07, 6.45) is 0. The highest BCUT2D eigenvalue weighted by Gasteiger charge is 2.20. The largest absolute Gasteiger partial charge is 0.455 e. The van der Waals surface area contributed by atoms with Crippen molar-refractivity contribution in [3.63, 3.8) is 0 Å². The monoisotopic (exact) mass is 394 g/mol. The van der Waals surface area contributed by atoms with Crippen molar-refractivity contribution in [3.05, 3.63) is 63.7 Å². The number of amides is 1. The number of nitro groups is 1. The fourth-order valence-corrected chi connectivity index (χ4v) is 3.01. The third-order valence-electron chi connectivity index (χ3n) is 3.16. The van der Waals surface area contributed by atoms with Gasteiger partial charge in [-0.2, -0.15) is 0 Å². The summed E-state index contributed by atoms with van der Waals surface area (Å²) < 4.78 is 4.97. The molecule has 9 heteroatoms. The first-order valence-electron chi connectivity index (χ1n) is 7.49. The summed E-state index contributed by atoms with van der Waals surface area (Å²) in [7, 11) is 0. The number of carbonyl (C=O) groups is 2. The Morgan fingerprint density at radius 2 is 1.96 bits per heavy atom. The molecule has 0 spiro atoms. The molecule has 0 fully saturated rings. The molecule has 0 aromatic heterocycles. The molecule has 0 unspecified atom stereocenters. The molecule has 0 heterocycles. The van der Waals surface area contributed by atoms with E-state index in [1.54, 1.807) is 6.92 Å². The molecule has 1 N–H and O–H groups in total. The van der Waals surface area contributed by atoms with E-state index in [2.05, 4.69) is 5.32 Å². The molecule has 0 radical (unpaired) electrons. The average Bonchev–Trinajstić information content (AvgIpc) is 2.61. The first kappa shape index (κ1) is 19.7. The van der Waals surface area contributed by atoms with Gasteiger partial charge in [0.2, 0.25) is 0 Å². The molecule has 2 aromatic rings. The minimum Gasteiger partial charge on any atom is -0.455 e. The number of thioether (sulfide) groups is 1. The molecular weight excluding hydrogens is 380 g/mol. The molecule has 0 saturated carbocycles. The predicted octanol–water partition coefficient (Wildman–Crippen LogP) is 3.91. The smallest absolute Gasteiger partial charge is 0.319 e. The van der Waals surface area contributed by atoms with Gasteiger partial charge >= 0.3 is 5.97 Å². The number of nitrogens with one attached hydrogen (secondary N) is 1. The minimum atomic E-state index is -0.680. The first-order valence-corrected chi connectivity index (χ1v) is 8.74. The lowest BCUT2D eigenvalue weighted by atomic mass is 10.2. The van der Waals surface area contributed by atoms with E-state index in [1.165, 1.54) is 23.9 Å². The highest BCUT2D eigenvalue weighted by Crippen LogP contribution is 2.27. The van der Waals surface area contributed by atoms with Gasteiger partial charge in [0.05, 0.1) is 4.92 Å². The highest BCUT2D eigenvalue weighted by atomic mass is 35.5. The van der Waals surface area contributed by atoms with E-state index in [0.717, 1.165) is 11.0 Å². The number of benzene rings is 2. The molecule has 2 aromatic carbocycles. The van der Waals surface area contributed by atoms with Crippen LogP contribution < -0.4 is 5.32 Å². The summed E-state index contributed by atoms with van der Waals surface area (Å²) >= 11 is 7.02. The van der Waals surface area contributed by atoms with Gasteiger partial charge in [0, 0.05) is 16.0 Å². The Bertz CT molecular complexity index is 816. The zero-order valence-corrected chi connectivity index (χ0v) is 15.3. The minimum absolute atomic E-state index is 0.0211. The van der Waals surface area contributed by atoms with Crippen LogP contribution in [-0.4, -0.2) is 28.7 Å². The van der Waals surface area contributed by atoms with Crippen LogP contribution in [0.5, 0.6) is 0 Å². The van der Waals surface area contributed by atoms with E-state index in [-0.39, 0.29) is 16.4 Å². The predicted molar refractivity (Wildman–Crippen MR) is 99.5 cm³/mol. The fourth-order valence-electron chi connectivity index (χ4n) is 1.95. The van der Waals surface area contributed by atoms with Gasteiger partial charge in [0.25, 0.3) is 11.6 Å². The van der Waals surface area contributed by atoms with Crippen LogP contribution >= 0.6 is 23.4 Å². The number of nitrogens with zero attached hydrogens (tertiary/aromatic N) is 1. The maximum Gasteiger partial charge on any atom is 0.319 e. The number of hydrogen-bond acceptors (Lipinski definition) is 6. The molecule has 136 valence electrons. The fraction of sp³-hybridized carbons (Fsp3) is 0.176. The Hall–Kier alpha value is -2.58. The molecule has 1 amide bonds. The van der Waals surface area contributed by atoms with Crippen molar-refractivity contribution in [3.8, 4) is 0 Å². The van der Waals surface area contributed by atoms with Crippen molar-refractivity contribution in [2.45, 2.75) is 17.1 Å². The third-order valence-corrected chi connectivity index (χ3v) is 4.49. The lowest BCUT2D eigenvalue weighted by Crippen LogP contribution is -2.25. The van der Waals surface area contributed by atoms with Crippen LogP contribution in [-0.2, 0) is 14.3 Å². The van der Waals surface area contributed by atoms with Gasteiger partial charge < -0.3 is 10.1 Å². The second kappa shape index (κ2) is 9.21. The molecular formula is C17H15ClN2O5S. The Labute approximate surface area is 158 Å². The van der Waals surface area contributed by atoms with Gasteiger partial charge in [-0.1, -0.05) is 29.8 Å². The van der Waals surface area contributed by atoms with Gasteiger partial charge in [-0.25, -0.2) is 0 Å². The molecule has 1 atom stereocenters. The Morgan fingerprint density at radius 3 is 2.62 bits per heavy atom. The molecule has 0 saturated heterocycles. The van der Waals surface area contributed by atoms with Crippen LogP contribution in [0.15, 0.2) is 53.4 Å². The van der Waals surface area contributed by atoms with Crippen LogP contribution in [0.4, 0.5) is 11.4 Å². The Kier molecular flexibility index (Phi) is 6.99. The number of hydrogen-bond donors (Lipinski definition) is 1. The van der Waals surface area contributed by atoms with Crippen LogP contribution in [0.25, 0.3) is 0 Å². The van der Waals surface area contributed by atoms with E-state index in [4.69, 9.17) is 16.3 Å². The summed E-state index contributed by atoms with van der Waals surface area (Å²) in [6, 6.07) is 13.2. The second-order valence-electron chi connectivity index (χ2n) is 5.15. The van der Waals surface area contributed by atoms with Crippen molar-refractivity contribution in [1.82, 2.24) is 0 Å². The zero-order chi connectivity index (χ0) is 19.1. The normalized spacial score (nSPS) is 11.5. The topological polar surface area (TPSA) is 98.5 Å². The van der Waals surface area contributed by atoms with E-state index in [0.29, 0.717) is 0 Å². The van der Waals surface area contributed by atoms with Gasteiger partial charge in [0.15, 0.2) is 6.61 Å². The van der Waals surface area contributed by atoms with Crippen molar-refractivity contribution in [2.24, 2.45) is 0 Å². The van der Waals surface area contributed by atoms with Crippen molar-refractivity contribution in [2.75, 3.05) is 11.9 Å². The number of rotatable bonds is 7. The molecule has 7 nitrogen and oxygen atoms in total. The van der Waals surface area contributed by atoms with Crippen LogP contribution in [0.2, 0.25) is 5.02 Å². The van der Waals surface area contributed by atoms with Gasteiger partial charge in [-0.05, 0) is 31.2 Å². The van der Waals surface area contributed by atoms with E-state index < -0.39 is 28.7 Å². The molecule has 0 aliphatic carbocycles. The molecule has 0 aliphatic rings. The second-order valence-corrected chi connectivity index (χ2v) is 7.00. The summed E-state index contributed by atoms with van der Waals surface area (Å²) in [6.45, 7) is 1.13. The maximum atomic E-state index is 12.0. The van der Waals surface area contributed by atoms with E-state index in [9.17, 15) is 19.7 Å². The van der Waals surface area contributed by atoms with Crippen molar-refractivity contribution in [1.29, 1.82) is 0 Å². The lowest BCUT2D eigenvalue weighted by Gasteiger charge is -2.11. The van der Waals surface area contributed by atoms with Crippen LogP contribution in [0, 0.1) is 10.1 Å². The van der Waals surface area contributed by atoms with Crippen LogP contribution in [0.3, 0.4) is 0 Å². The summed E-state index contributed by atoms with van der Waals surface area (Å²) in [5.41, 5.74) is -0.364. The number of ether oxygens (including phenoxy) is 1. The van der Waals surface area contributed by atoms with Gasteiger partial charge in [-0.3, -0.25) is 19.7 Å². The Balaban J connectivity index is 1.88. The standard InChI is InChI=1S/C17H15ClN2O5S/c1-11(26-13-5-3-2-4-6-13)17(22)25-10-16(21)19-14-8-7-12(18)9-15(14)20(23)24/h2-9,11H,10H2,1H3,(H,19,21)/t11-/m1/s1. The third kappa shape index (κ3) is 5.75. The van der Waals surface area contributed by atoms with E-state index >= 15 is 0 Å². The van der Waals surface area contributed by atoms with Gasteiger partial charge in [0.1, 0.15) is 10.9 Å². The molecule has 26 heavy (non-hydrogen) atoms. The number of nitro benzene ring substituents is 1. The first-order chi connectivity index (χ1) is 12.4. The number of carbonyl (C=O) groups excluding carboxylic acids is 2. The summed E-state index contributed by atoms with van der Waals surface area (Å²) in [5.74, 6) is -1.24. The average molecular weight is 395 g/mol. The quantitative estimate of drug-likeness (QED) is 0.331. The Morgan fingerprint density at radius 1 is 1.27 bits per heavy atom. The SMILES string of the molecule is C[C@@H](Sc1ccccc1)C(=O)OCC(=O)Nc1ccc(Cl)cc1[N+](=O)[O-]. The highest BCUT2D eigenvalue weighted by molar-refractivity contribution is 8.00. The number of halogens is 1. The molecule has 0 bridgehead atoms. The summed E-state index contributed by atoms with van der Waals surface area (Å²) in [5, 5.41) is 13.0. The summed E-state index contributed by atoms with van der Waals surface area (Å²) in [4.78, 5) is 35.1. The van der Waals surface area contributed by atoms with E-state index in [1.807, 2.05) is 30.3 Å². The zero-order valence-electron chi connectivity index (χ0n) is 13.7. The lowest BCUT2D eigenvalue weighted by molar-refractivity contribution is -0.383. The molecule has 0 aliphatic heterocycles. The number of esters is 1. The number of anilines is 1. The van der Waals surface area contributed by atoms with Crippen LogP contribution in [0.1, 0.15) is 6.92 Å². The maximum absolute atomic E-state index is 12.0. The molecule has 2 rings (SSSR count). The van der Waals surface area contributed by atoms with Crippen molar-refractivity contribution >= 4 is 46.6 Å². The van der Waals surface area contributed by atoms with Crippen molar-refractivity contribution < 1.29 is 19.2 Å².